The molecule has 0 bridgehead atoms. The second-order valence-electron chi connectivity index (χ2n) is 4.68. The third kappa shape index (κ3) is 4.38. The van der Waals surface area contributed by atoms with Gasteiger partial charge in [0.25, 0.3) is 0 Å². The Morgan fingerprint density at radius 3 is 2.95 bits per heavy atom. The summed E-state index contributed by atoms with van der Waals surface area (Å²) in [4.78, 5) is 6.30. The number of hydrogen-bond acceptors (Lipinski definition) is 3. The van der Waals surface area contributed by atoms with Gasteiger partial charge in [-0.2, -0.15) is 0 Å². The van der Waals surface area contributed by atoms with Crippen molar-refractivity contribution in [1.82, 2.24) is 4.90 Å². The first-order chi connectivity index (χ1) is 9.65. The highest BCUT2D eigenvalue weighted by Crippen LogP contribution is 2.13. The van der Waals surface area contributed by atoms with Gasteiger partial charge in [0.1, 0.15) is 17.7 Å². The molecule has 20 heavy (non-hydrogen) atoms. The van der Waals surface area contributed by atoms with Crippen molar-refractivity contribution < 1.29 is 13.9 Å². The average Bonchev–Trinajstić information content (AvgIpc) is 2.46. The number of benzene rings is 1. The first kappa shape index (κ1) is 14.6. The van der Waals surface area contributed by atoms with Crippen LogP contribution in [0.5, 0.6) is 5.75 Å². The monoisotopic (exact) mass is 281 g/mol. The zero-order valence-corrected chi connectivity index (χ0v) is 11.6. The minimum Gasteiger partial charge on any atom is -0.489 e. The SMILES string of the molecule is CC(CN=C(N)N1CCOCC1)Oc1cccc(F)c1. The maximum absolute atomic E-state index is 13.0. The Kier molecular flexibility index (Phi) is 5.17. The Bertz CT molecular complexity index is 461. The number of aliphatic imine (C=N–C) groups is 1. The summed E-state index contributed by atoms with van der Waals surface area (Å²) in [6.07, 6.45) is -0.170. The predicted molar refractivity (Wildman–Crippen MR) is 75.4 cm³/mol. The maximum atomic E-state index is 13.0. The first-order valence-corrected chi connectivity index (χ1v) is 6.70. The molecule has 1 heterocycles. The van der Waals surface area contributed by atoms with E-state index in [4.69, 9.17) is 15.2 Å². The standard InChI is InChI=1S/C14H20FN3O2/c1-11(20-13-4-2-3-12(15)9-13)10-17-14(16)18-5-7-19-8-6-18/h2-4,9,11H,5-8,10H2,1H3,(H2,16,17). The predicted octanol–water partition coefficient (Wildman–Crippen LogP) is 1.24. The van der Waals surface area contributed by atoms with Crippen LogP contribution in [0.25, 0.3) is 0 Å². The van der Waals surface area contributed by atoms with Gasteiger partial charge in [0, 0.05) is 19.2 Å². The summed E-state index contributed by atoms with van der Waals surface area (Å²) >= 11 is 0. The van der Waals surface area contributed by atoms with Crippen LogP contribution in [0.2, 0.25) is 0 Å². The molecule has 2 N–H and O–H groups in total. The van der Waals surface area contributed by atoms with Gasteiger partial charge in [-0.15, -0.1) is 0 Å². The van der Waals surface area contributed by atoms with Crippen molar-refractivity contribution in [2.45, 2.75) is 13.0 Å². The van der Waals surface area contributed by atoms with Crippen molar-refractivity contribution >= 4 is 5.96 Å². The van der Waals surface area contributed by atoms with Crippen molar-refractivity contribution in [1.29, 1.82) is 0 Å². The lowest BCUT2D eigenvalue weighted by Crippen LogP contribution is -2.45. The number of nitrogens with zero attached hydrogens (tertiary/aromatic N) is 2. The summed E-state index contributed by atoms with van der Waals surface area (Å²) in [6.45, 7) is 5.17. The van der Waals surface area contributed by atoms with Crippen LogP contribution < -0.4 is 10.5 Å². The molecule has 0 amide bonds. The second kappa shape index (κ2) is 7.09. The Morgan fingerprint density at radius 1 is 1.50 bits per heavy atom. The maximum Gasteiger partial charge on any atom is 0.191 e. The third-order valence-electron chi connectivity index (χ3n) is 2.98. The molecule has 1 atom stereocenters. The Hall–Kier alpha value is -1.82. The van der Waals surface area contributed by atoms with E-state index in [0.717, 1.165) is 13.1 Å². The van der Waals surface area contributed by atoms with Crippen LogP contribution >= 0.6 is 0 Å². The summed E-state index contributed by atoms with van der Waals surface area (Å²) in [5.41, 5.74) is 5.92. The summed E-state index contributed by atoms with van der Waals surface area (Å²) in [5, 5.41) is 0. The molecule has 0 saturated carbocycles. The highest BCUT2D eigenvalue weighted by Gasteiger charge is 2.12. The molecule has 1 aromatic rings. The molecule has 1 aliphatic heterocycles. The molecule has 0 aromatic heterocycles. The van der Waals surface area contributed by atoms with Crippen molar-refractivity contribution in [2.75, 3.05) is 32.8 Å². The number of hydrogen-bond donors (Lipinski definition) is 1. The van der Waals surface area contributed by atoms with E-state index in [1.807, 2.05) is 11.8 Å². The van der Waals surface area contributed by atoms with Crippen LogP contribution in [-0.2, 0) is 4.74 Å². The van der Waals surface area contributed by atoms with Crippen LogP contribution in [-0.4, -0.2) is 49.8 Å². The topological polar surface area (TPSA) is 60.1 Å². The van der Waals surface area contributed by atoms with Gasteiger partial charge in [0.15, 0.2) is 5.96 Å². The van der Waals surface area contributed by atoms with Crippen molar-refractivity contribution in [3.8, 4) is 5.75 Å². The Balaban J connectivity index is 1.83. The van der Waals surface area contributed by atoms with E-state index >= 15 is 0 Å². The highest BCUT2D eigenvalue weighted by atomic mass is 19.1. The molecule has 0 aliphatic carbocycles. The first-order valence-electron chi connectivity index (χ1n) is 6.70. The quantitative estimate of drug-likeness (QED) is 0.666. The van der Waals surface area contributed by atoms with Gasteiger partial charge in [-0.3, -0.25) is 0 Å². The molecule has 0 spiro atoms. The van der Waals surface area contributed by atoms with Crippen molar-refractivity contribution in [3.05, 3.63) is 30.1 Å². The molecule has 1 aromatic carbocycles. The molecular formula is C14H20FN3O2. The van der Waals surface area contributed by atoms with Gasteiger partial charge in [-0.05, 0) is 19.1 Å². The smallest absolute Gasteiger partial charge is 0.191 e. The minimum atomic E-state index is -0.314. The Labute approximate surface area is 118 Å². The summed E-state index contributed by atoms with van der Waals surface area (Å²) in [7, 11) is 0. The summed E-state index contributed by atoms with van der Waals surface area (Å²) in [5.74, 6) is 0.687. The second-order valence-corrected chi connectivity index (χ2v) is 4.68. The highest BCUT2D eigenvalue weighted by molar-refractivity contribution is 5.78. The summed E-state index contributed by atoms with van der Waals surface area (Å²) in [6, 6.07) is 6.06. The largest absolute Gasteiger partial charge is 0.489 e. The van der Waals surface area contributed by atoms with Gasteiger partial charge in [0.05, 0.1) is 19.8 Å². The van der Waals surface area contributed by atoms with Gasteiger partial charge in [0.2, 0.25) is 0 Å². The number of ether oxygens (including phenoxy) is 2. The van der Waals surface area contributed by atoms with Crippen LogP contribution in [0.1, 0.15) is 6.92 Å². The van der Waals surface area contributed by atoms with E-state index in [9.17, 15) is 4.39 Å². The number of guanidine groups is 1. The van der Waals surface area contributed by atoms with E-state index in [1.165, 1.54) is 12.1 Å². The molecule has 110 valence electrons. The van der Waals surface area contributed by atoms with Crippen molar-refractivity contribution in [3.63, 3.8) is 0 Å². The van der Waals surface area contributed by atoms with E-state index < -0.39 is 0 Å². The summed E-state index contributed by atoms with van der Waals surface area (Å²) < 4.78 is 23.9. The molecule has 1 unspecified atom stereocenters. The van der Waals surface area contributed by atoms with Crippen LogP contribution in [0.15, 0.2) is 29.3 Å². The zero-order chi connectivity index (χ0) is 14.4. The van der Waals surface area contributed by atoms with Crippen LogP contribution in [0.3, 0.4) is 0 Å². The van der Waals surface area contributed by atoms with Crippen molar-refractivity contribution in [2.24, 2.45) is 10.7 Å². The van der Waals surface area contributed by atoms with E-state index in [-0.39, 0.29) is 11.9 Å². The van der Waals surface area contributed by atoms with Gasteiger partial charge in [-0.25, -0.2) is 9.38 Å². The number of morpholine rings is 1. The normalized spacial score (nSPS) is 17.9. The van der Waals surface area contributed by atoms with Gasteiger partial charge < -0.3 is 20.1 Å². The number of nitrogens with two attached hydrogens (primary N) is 1. The molecule has 1 saturated heterocycles. The minimum absolute atomic E-state index is 0.170. The fourth-order valence-corrected chi connectivity index (χ4v) is 1.92. The number of rotatable bonds is 4. The van der Waals surface area contributed by atoms with Gasteiger partial charge in [-0.1, -0.05) is 6.07 Å². The lowest BCUT2D eigenvalue weighted by atomic mass is 10.3. The Morgan fingerprint density at radius 2 is 2.25 bits per heavy atom. The average molecular weight is 281 g/mol. The molecule has 0 radical (unpaired) electrons. The third-order valence-corrected chi connectivity index (χ3v) is 2.98. The van der Waals surface area contributed by atoms with E-state index in [2.05, 4.69) is 4.99 Å². The fraction of sp³-hybridized carbons (Fsp3) is 0.500. The van der Waals surface area contributed by atoms with Crippen LogP contribution in [0, 0.1) is 5.82 Å². The zero-order valence-electron chi connectivity index (χ0n) is 11.6. The lowest BCUT2D eigenvalue weighted by Gasteiger charge is -2.27. The van der Waals surface area contributed by atoms with Gasteiger partial charge >= 0.3 is 0 Å². The molecular weight excluding hydrogens is 261 g/mol. The molecule has 6 heteroatoms. The molecule has 5 nitrogen and oxygen atoms in total. The number of halogens is 1. The van der Waals surface area contributed by atoms with E-state index in [0.29, 0.717) is 31.5 Å². The van der Waals surface area contributed by atoms with E-state index in [1.54, 1.807) is 12.1 Å². The van der Waals surface area contributed by atoms with Crippen LogP contribution in [0.4, 0.5) is 4.39 Å². The molecule has 2 rings (SSSR count). The lowest BCUT2D eigenvalue weighted by molar-refractivity contribution is 0.0673. The fourth-order valence-electron chi connectivity index (χ4n) is 1.92. The molecule has 1 aliphatic rings. The molecule has 1 fully saturated rings.